The van der Waals surface area contributed by atoms with Crippen molar-refractivity contribution in [2.45, 2.75) is 37.0 Å². The maximum atomic E-state index is 13.3. The summed E-state index contributed by atoms with van der Waals surface area (Å²) >= 11 is 1.14. The Hall–Kier alpha value is -2.69. The third kappa shape index (κ3) is 4.72. The molecule has 32 heavy (non-hydrogen) atoms. The monoisotopic (exact) mass is 474 g/mol. The van der Waals surface area contributed by atoms with Crippen LogP contribution >= 0.6 is 11.3 Å². The summed E-state index contributed by atoms with van der Waals surface area (Å²) in [6.45, 7) is 2.67. The number of sulfonamides is 1. The Kier molecular flexibility index (Phi) is 6.63. The average molecular weight is 475 g/mol. The maximum Gasteiger partial charge on any atom is 0.286 e. The quantitative estimate of drug-likeness (QED) is 0.582. The minimum absolute atomic E-state index is 0.138. The fraction of sp³-hybridized carbons (Fsp3) is 0.318. The van der Waals surface area contributed by atoms with Crippen LogP contribution in [-0.4, -0.2) is 41.9 Å². The molecule has 4 rings (SSSR count). The number of hydrogen-bond donors (Lipinski definition) is 1. The van der Waals surface area contributed by atoms with Gasteiger partial charge < -0.3 is 5.32 Å². The summed E-state index contributed by atoms with van der Waals surface area (Å²) in [5.74, 6) is -1.06. The highest BCUT2D eigenvalue weighted by Crippen LogP contribution is 2.32. The predicted octanol–water partition coefficient (Wildman–Crippen LogP) is 4.06. The van der Waals surface area contributed by atoms with Crippen LogP contribution < -0.4 is 5.32 Å². The second-order valence-electron chi connectivity index (χ2n) is 7.57. The van der Waals surface area contributed by atoms with Crippen LogP contribution in [0.1, 0.15) is 46.1 Å². The molecular weight excluding hydrogens is 451 g/mol. The number of halogens is 1. The van der Waals surface area contributed by atoms with Gasteiger partial charge in [-0.3, -0.25) is 4.79 Å². The first-order chi connectivity index (χ1) is 15.4. The van der Waals surface area contributed by atoms with Crippen molar-refractivity contribution in [3.05, 3.63) is 69.9 Å². The van der Waals surface area contributed by atoms with Crippen molar-refractivity contribution in [2.75, 3.05) is 18.4 Å². The molecule has 0 saturated carbocycles. The van der Waals surface area contributed by atoms with Crippen LogP contribution in [0.15, 0.2) is 53.4 Å². The molecule has 2 heterocycles. The molecule has 1 atom stereocenters. The zero-order valence-electron chi connectivity index (χ0n) is 17.5. The molecule has 1 unspecified atom stereocenters. The van der Waals surface area contributed by atoms with Crippen molar-refractivity contribution >= 4 is 33.0 Å². The Morgan fingerprint density at radius 1 is 1.22 bits per heavy atom. The first-order valence-electron chi connectivity index (χ1n) is 10.4. The van der Waals surface area contributed by atoms with Gasteiger partial charge in [-0.2, -0.15) is 4.31 Å². The number of nitrogens with zero attached hydrogens (tertiary/aromatic N) is 3. The molecular formula is C22H23FN4O3S2. The molecule has 10 heteroatoms. The summed E-state index contributed by atoms with van der Waals surface area (Å²) in [5.41, 5.74) is 1.12. The molecule has 1 aliphatic rings. The fourth-order valence-electron chi connectivity index (χ4n) is 3.79. The molecule has 1 amide bonds. The zero-order valence-corrected chi connectivity index (χ0v) is 19.1. The van der Waals surface area contributed by atoms with E-state index in [9.17, 15) is 17.6 Å². The number of rotatable bonds is 6. The van der Waals surface area contributed by atoms with E-state index in [2.05, 4.69) is 15.5 Å². The van der Waals surface area contributed by atoms with E-state index in [4.69, 9.17) is 0 Å². The van der Waals surface area contributed by atoms with Gasteiger partial charge in [0.1, 0.15) is 10.8 Å². The number of aryl methyl sites for hydroxylation is 1. The summed E-state index contributed by atoms with van der Waals surface area (Å²) in [6, 6.07) is 12.7. The maximum absolute atomic E-state index is 13.3. The third-order valence-electron chi connectivity index (χ3n) is 5.42. The lowest BCUT2D eigenvalue weighted by Gasteiger charge is -2.31. The van der Waals surface area contributed by atoms with Crippen molar-refractivity contribution < 1.29 is 17.6 Å². The topological polar surface area (TPSA) is 92.3 Å². The van der Waals surface area contributed by atoms with Crippen LogP contribution in [0.25, 0.3) is 0 Å². The Balaban J connectivity index is 1.49. The lowest BCUT2D eigenvalue weighted by atomic mass is 10.0. The summed E-state index contributed by atoms with van der Waals surface area (Å²) in [6.07, 6.45) is 2.09. The first kappa shape index (κ1) is 22.5. The van der Waals surface area contributed by atoms with Gasteiger partial charge in [0.2, 0.25) is 15.0 Å². The van der Waals surface area contributed by atoms with Crippen LogP contribution in [0, 0.1) is 5.82 Å². The summed E-state index contributed by atoms with van der Waals surface area (Å²) in [5, 5.41) is 11.5. The van der Waals surface area contributed by atoms with Gasteiger partial charge in [-0.15, -0.1) is 10.2 Å². The van der Waals surface area contributed by atoms with E-state index in [1.165, 1.54) is 22.5 Å². The molecule has 1 fully saturated rings. The molecule has 2 aromatic carbocycles. The molecule has 1 N–H and O–H groups in total. The van der Waals surface area contributed by atoms with Crippen molar-refractivity contribution in [3.8, 4) is 0 Å². The SMILES string of the molecule is CCc1ccccc1S(=O)(=O)N1CCCC(c2nnc(C(=O)Nc3cccc(F)c3)s2)C1. The van der Waals surface area contributed by atoms with Crippen LogP contribution in [0.4, 0.5) is 10.1 Å². The number of benzene rings is 2. The fourth-order valence-corrected chi connectivity index (χ4v) is 6.47. The molecule has 1 saturated heterocycles. The van der Waals surface area contributed by atoms with Crippen LogP contribution in [-0.2, 0) is 16.4 Å². The van der Waals surface area contributed by atoms with Gasteiger partial charge in [0.25, 0.3) is 5.91 Å². The molecule has 0 spiro atoms. The van der Waals surface area contributed by atoms with Crippen molar-refractivity contribution in [1.29, 1.82) is 0 Å². The van der Waals surface area contributed by atoms with E-state index in [-0.39, 0.29) is 10.9 Å². The lowest BCUT2D eigenvalue weighted by molar-refractivity contribution is 0.102. The number of carbonyl (C=O) groups excluding carboxylic acids is 1. The van der Waals surface area contributed by atoms with E-state index in [1.54, 1.807) is 18.2 Å². The van der Waals surface area contributed by atoms with Gasteiger partial charge >= 0.3 is 0 Å². The van der Waals surface area contributed by atoms with Crippen LogP contribution in [0.5, 0.6) is 0 Å². The molecule has 1 aromatic heterocycles. The highest BCUT2D eigenvalue weighted by molar-refractivity contribution is 7.89. The van der Waals surface area contributed by atoms with Crippen LogP contribution in [0.3, 0.4) is 0 Å². The number of piperidine rings is 1. The van der Waals surface area contributed by atoms with E-state index in [1.807, 2.05) is 19.1 Å². The molecule has 0 radical (unpaired) electrons. The number of amides is 1. The van der Waals surface area contributed by atoms with Crippen molar-refractivity contribution in [1.82, 2.24) is 14.5 Å². The molecule has 3 aromatic rings. The third-order valence-corrected chi connectivity index (χ3v) is 8.47. The Morgan fingerprint density at radius 2 is 2.03 bits per heavy atom. The average Bonchev–Trinajstić information content (AvgIpc) is 3.30. The summed E-state index contributed by atoms with van der Waals surface area (Å²) < 4.78 is 41.4. The minimum Gasteiger partial charge on any atom is -0.320 e. The molecule has 0 aliphatic carbocycles. The van der Waals surface area contributed by atoms with Gasteiger partial charge in [-0.05, 0) is 49.1 Å². The normalized spacial score (nSPS) is 17.2. The number of anilines is 1. The smallest absolute Gasteiger partial charge is 0.286 e. The summed E-state index contributed by atoms with van der Waals surface area (Å²) in [4.78, 5) is 12.8. The zero-order chi connectivity index (χ0) is 22.7. The Labute approximate surface area is 190 Å². The highest BCUT2D eigenvalue weighted by atomic mass is 32.2. The van der Waals surface area contributed by atoms with Gasteiger partial charge in [0.15, 0.2) is 0 Å². The van der Waals surface area contributed by atoms with Gasteiger partial charge in [0.05, 0.1) is 4.90 Å². The number of hydrogen-bond acceptors (Lipinski definition) is 6. The van der Waals surface area contributed by atoms with Gasteiger partial charge in [0, 0.05) is 24.7 Å². The first-order valence-corrected chi connectivity index (χ1v) is 12.6. The standard InChI is InChI=1S/C22H23FN4O3S2/c1-2-15-7-3-4-11-19(15)32(29,30)27-12-6-8-16(14-27)21-25-26-22(31-21)20(28)24-18-10-5-9-17(23)13-18/h3-5,7,9-11,13,16H,2,6,8,12,14H2,1H3,(H,24,28). The highest BCUT2D eigenvalue weighted by Gasteiger charge is 2.33. The lowest BCUT2D eigenvalue weighted by Crippen LogP contribution is -2.39. The number of carbonyl (C=O) groups is 1. The van der Waals surface area contributed by atoms with E-state index in [0.717, 1.165) is 23.3 Å². The predicted molar refractivity (Wildman–Crippen MR) is 121 cm³/mol. The second kappa shape index (κ2) is 9.43. The second-order valence-corrected chi connectivity index (χ2v) is 10.5. The van der Waals surface area contributed by atoms with Gasteiger partial charge in [-0.25, -0.2) is 12.8 Å². The molecule has 1 aliphatic heterocycles. The van der Waals surface area contributed by atoms with Crippen LogP contribution in [0.2, 0.25) is 0 Å². The molecule has 0 bridgehead atoms. The van der Waals surface area contributed by atoms with E-state index >= 15 is 0 Å². The minimum atomic E-state index is -3.63. The Bertz CT molecular complexity index is 1230. The molecule has 168 valence electrons. The van der Waals surface area contributed by atoms with E-state index in [0.29, 0.717) is 41.5 Å². The van der Waals surface area contributed by atoms with Crippen molar-refractivity contribution in [3.63, 3.8) is 0 Å². The number of nitrogens with one attached hydrogen (secondary N) is 1. The Morgan fingerprint density at radius 3 is 2.81 bits per heavy atom. The summed E-state index contributed by atoms with van der Waals surface area (Å²) in [7, 11) is -3.63. The van der Waals surface area contributed by atoms with Gasteiger partial charge in [-0.1, -0.05) is 42.5 Å². The van der Waals surface area contributed by atoms with E-state index < -0.39 is 21.7 Å². The van der Waals surface area contributed by atoms with Crippen molar-refractivity contribution in [2.24, 2.45) is 0 Å². The largest absolute Gasteiger partial charge is 0.320 e. The molecule has 7 nitrogen and oxygen atoms in total. The number of aromatic nitrogens is 2.